The zero-order valence-electron chi connectivity index (χ0n) is 13.4. The van der Waals surface area contributed by atoms with Crippen molar-refractivity contribution < 1.29 is 23.4 Å². The summed E-state index contributed by atoms with van der Waals surface area (Å²) in [5.41, 5.74) is 1.18. The van der Waals surface area contributed by atoms with Gasteiger partial charge in [0, 0.05) is 11.8 Å². The fourth-order valence-electron chi connectivity index (χ4n) is 2.50. The number of carbonyl (C=O) groups is 1. The summed E-state index contributed by atoms with van der Waals surface area (Å²) in [5, 5.41) is 2.82. The molecule has 1 aliphatic rings. The van der Waals surface area contributed by atoms with Gasteiger partial charge in [-0.1, -0.05) is 0 Å². The minimum atomic E-state index is -0.212. The van der Waals surface area contributed by atoms with Crippen LogP contribution in [0.5, 0.6) is 23.0 Å². The Kier molecular flexibility index (Phi) is 3.78. The zero-order valence-corrected chi connectivity index (χ0v) is 13.4. The second-order valence-corrected chi connectivity index (χ2v) is 5.49. The van der Waals surface area contributed by atoms with Gasteiger partial charge in [-0.05, 0) is 49.4 Å². The predicted octanol–water partition coefficient (Wildman–Crippen LogP) is 4.36. The van der Waals surface area contributed by atoms with Crippen LogP contribution >= 0.6 is 0 Å². The van der Waals surface area contributed by atoms with E-state index in [0.29, 0.717) is 40.0 Å². The molecule has 4 rings (SSSR count). The van der Waals surface area contributed by atoms with Crippen molar-refractivity contribution in [2.45, 2.75) is 6.92 Å². The van der Waals surface area contributed by atoms with Gasteiger partial charge in [-0.3, -0.25) is 4.79 Å². The Morgan fingerprint density at radius 1 is 1.00 bits per heavy atom. The van der Waals surface area contributed by atoms with Crippen LogP contribution in [0.25, 0.3) is 0 Å². The van der Waals surface area contributed by atoms with E-state index < -0.39 is 0 Å². The Bertz CT molecular complexity index is 914. The maximum atomic E-state index is 12.2. The fraction of sp³-hybridized carbons (Fsp3) is 0.105. The molecule has 6 nitrogen and oxygen atoms in total. The van der Waals surface area contributed by atoms with E-state index in [4.69, 9.17) is 18.6 Å². The second kappa shape index (κ2) is 6.24. The normalized spacial score (nSPS) is 12.0. The van der Waals surface area contributed by atoms with E-state index in [9.17, 15) is 4.79 Å². The van der Waals surface area contributed by atoms with Crippen LogP contribution in [-0.4, -0.2) is 12.7 Å². The van der Waals surface area contributed by atoms with Gasteiger partial charge in [0.25, 0.3) is 5.91 Å². The average molecular weight is 337 g/mol. The van der Waals surface area contributed by atoms with E-state index in [1.54, 1.807) is 49.4 Å². The maximum Gasteiger partial charge on any atom is 0.259 e. The van der Waals surface area contributed by atoms with Crippen molar-refractivity contribution in [3.63, 3.8) is 0 Å². The lowest BCUT2D eigenvalue weighted by Crippen LogP contribution is -2.11. The molecule has 0 saturated carbocycles. The highest BCUT2D eigenvalue weighted by molar-refractivity contribution is 6.04. The predicted molar refractivity (Wildman–Crippen MR) is 90.5 cm³/mol. The van der Waals surface area contributed by atoms with Gasteiger partial charge < -0.3 is 23.9 Å². The standard InChI is InChI=1S/C19H15NO5/c1-12-16(8-9-22-12)19(21)20-13-2-4-14(5-3-13)25-15-6-7-17-18(10-15)24-11-23-17/h2-10H,11H2,1H3,(H,20,21). The molecule has 1 aliphatic heterocycles. The van der Waals surface area contributed by atoms with Crippen LogP contribution < -0.4 is 19.5 Å². The second-order valence-electron chi connectivity index (χ2n) is 5.49. The van der Waals surface area contributed by atoms with Crippen molar-refractivity contribution in [2.75, 3.05) is 12.1 Å². The van der Waals surface area contributed by atoms with E-state index in [1.165, 1.54) is 6.26 Å². The summed E-state index contributed by atoms with van der Waals surface area (Å²) < 4.78 is 21.5. The molecular formula is C19H15NO5. The van der Waals surface area contributed by atoms with E-state index in [2.05, 4.69) is 5.32 Å². The minimum Gasteiger partial charge on any atom is -0.469 e. The maximum absolute atomic E-state index is 12.2. The van der Waals surface area contributed by atoms with Gasteiger partial charge in [0.15, 0.2) is 11.5 Å². The first-order valence-electron chi connectivity index (χ1n) is 7.72. The first kappa shape index (κ1) is 15.1. The molecule has 2 aromatic carbocycles. The summed E-state index contributed by atoms with van der Waals surface area (Å²) in [7, 11) is 0. The monoisotopic (exact) mass is 337 g/mol. The number of carbonyl (C=O) groups excluding carboxylic acids is 1. The molecule has 1 N–H and O–H groups in total. The van der Waals surface area contributed by atoms with Crippen molar-refractivity contribution in [1.82, 2.24) is 0 Å². The lowest BCUT2D eigenvalue weighted by Gasteiger charge is -2.08. The highest BCUT2D eigenvalue weighted by Crippen LogP contribution is 2.36. The first-order valence-corrected chi connectivity index (χ1v) is 7.72. The van der Waals surface area contributed by atoms with Crippen molar-refractivity contribution in [2.24, 2.45) is 0 Å². The number of ether oxygens (including phenoxy) is 3. The molecule has 0 saturated heterocycles. The third kappa shape index (κ3) is 3.14. The van der Waals surface area contributed by atoms with Gasteiger partial charge in [-0.25, -0.2) is 0 Å². The van der Waals surface area contributed by atoms with Crippen LogP contribution in [0.4, 0.5) is 5.69 Å². The summed E-state index contributed by atoms with van der Waals surface area (Å²) in [4.78, 5) is 12.2. The Balaban J connectivity index is 1.43. The number of benzene rings is 2. The number of fused-ring (bicyclic) bond motifs is 1. The summed E-state index contributed by atoms with van der Waals surface area (Å²) in [6, 6.07) is 14.1. The molecule has 1 amide bonds. The number of aryl methyl sites for hydroxylation is 1. The number of furan rings is 1. The third-order valence-corrected chi connectivity index (χ3v) is 3.80. The quantitative estimate of drug-likeness (QED) is 0.766. The molecule has 126 valence electrons. The summed E-state index contributed by atoms with van der Waals surface area (Å²) >= 11 is 0. The van der Waals surface area contributed by atoms with Gasteiger partial charge in [0.05, 0.1) is 11.8 Å². The zero-order chi connectivity index (χ0) is 17.2. The van der Waals surface area contributed by atoms with Crippen LogP contribution in [0, 0.1) is 6.92 Å². The lowest BCUT2D eigenvalue weighted by atomic mass is 10.2. The highest BCUT2D eigenvalue weighted by Gasteiger charge is 2.14. The molecule has 0 bridgehead atoms. The van der Waals surface area contributed by atoms with E-state index >= 15 is 0 Å². The minimum absolute atomic E-state index is 0.212. The van der Waals surface area contributed by atoms with Gasteiger partial charge in [0.2, 0.25) is 6.79 Å². The average Bonchev–Trinajstić information content (AvgIpc) is 3.25. The van der Waals surface area contributed by atoms with Gasteiger partial charge >= 0.3 is 0 Å². The van der Waals surface area contributed by atoms with Crippen LogP contribution in [-0.2, 0) is 0 Å². The molecule has 0 spiro atoms. The van der Waals surface area contributed by atoms with Crippen molar-refractivity contribution in [3.8, 4) is 23.0 Å². The summed E-state index contributed by atoms with van der Waals surface area (Å²) in [6.07, 6.45) is 1.49. The lowest BCUT2D eigenvalue weighted by molar-refractivity contribution is 0.102. The van der Waals surface area contributed by atoms with Crippen LogP contribution in [0.2, 0.25) is 0 Å². The molecule has 1 aromatic heterocycles. The van der Waals surface area contributed by atoms with Crippen LogP contribution in [0.15, 0.2) is 59.2 Å². The molecule has 0 radical (unpaired) electrons. The van der Waals surface area contributed by atoms with Crippen LogP contribution in [0.3, 0.4) is 0 Å². The molecule has 0 atom stereocenters. The number of amides is 1. The summed E-state index contributed by atoms with van der Waals surface area (Å²) in [5.74, 6) is 3.04. The Morgan fingerprint density at radius 3 is 2.52 bits per heavy atom. The Hall–Kier alpha value is -3.41. The van der Waals surface area contributed by atoms with Gasteiger partial charge in [-0.15, -0.1) is 0 Å². The number of hydrogen-bond donors (Lipinski definition) is 1. The fourth-order valence-corrected chi connectivity index (χ4v) is 2.50. The highest BCUT2D eigenvalue weighted by atomic mass is 16.7. The van der Waals surface area contributed by atoms with E-state index in [0.717, 1.165) is 0 Å². The largest absolute Gasteiger partial charge is 0.469 e. The molecular weight excluding hydrogens is 322 g/mol. The molecule has 25 heavy (non-hydrogen) atoms. The summed E-state index contributed by atoms with van der Waals surface area (Å²) in [6.45, 7) is 1.97. The third-order valence-electron chi connectivity index (χ3n) is 3.80. The first-order chi connectivity index (χ1) is 12.2. The number of nitrogens with one attached hydrogen (secondary N) is 1. The molecule has 0 unspecified atom stereocenters. The van der Waals surface area contributed by atoms with Crippen molar-refractivity contribution >= 4 is 11.6 Å². The van der Waals surface area contributed by atoms with E-state index in [1.807, 2.05) is 6.07 Å². The van der Waals surface area contributed by atoms with E-state index in [-0.39, 0.29) is 12.7 Å². The van der Waals surface area contributed by atoms with Crippen molar-refractivity contribution in [1.29, 1.82) is 0 Å². The Morgan fingerprint density at radius 2 is 1.76 bits per heavy atom. The number of hydrogen-bond acceptors (Lipinski definition) is 5. The smallest absolute Gasteiger partial charge is 0.259 e. The van der Waals surface area contributed by atoms with Gasteiger partial charge in [0.1, 0.15) is 17.3 Å². The van der Waals surface area contributed by atoms with Crippen molar-refractivity contribution in [3.05, 3.63) is 66.1 Å². The van der Waals surface area contributed by atoms with Crippen LogP contribution in [0.1, 0.15) is 16.1 Å². The SMILES string of the molecule is Cc1occc1C(=O)Nc1ccc(Oc2ccc3c(c2)OCO3)cc1. The molecule has 0 fully saturated rings. The molecule has 6 heteroatoms. The van der Waals surface area contributed by atoms with Gasteiger partial charge in [-0.2, -0.15) is 0 Å². The Labute approximate surface area is 143 Å². The molecule has 2 heterocycles. The molecule has 0 aliphatic carbocycles. The molecule has 3 aromatic rings. The number of anilines is 1. The topological polar surface area (TPSA) is 69.9 Å². The number of rotatable bonds is 4.